The molecular weight excluding hydrogens is 330 g/mol. The normalized spacial score (nSPS) is 10.7. The van der Waals surface area contributed by atoms with Crippen molar-refractivity contribution in [2.24, 2.45) is 0 Å². The number of aromatic nitrogens is 2. The third kappa shape index (κ3) is 2.62. The van der Waals surface area contributed by atoms with E-state index in [1.165, 1.54) is 30.3 Å². The number of anilines is 2. The van der Waals surface area contributed by atoms with Crippen molar-refractivity contribution in [3.05, 3.63) is 55.6 Å². The third-order valence-corrected chi connectivity index (χ3v) is 3.34. The lowest BCUT2D eigenvalue weighted by atomic mass is 10.2. The highest BCUT2D eigenvalue weighted by atomic mass is 35.5. The molecule has 0 spiro atoms. The van der Waals surface area contributed by atoms with Gasteiger partial charge in [0.05, 0.1) is 20.6 Å². The van der Waals surface area contributed by atoms with Gasteiger partial charge in [0.1, 0.15) is 11.2 Å². The molecule has 11 heteroatoms. The number of non-ortho nitro benzene ring substituents is 1. The molecule has 0 aliphatic rings. The average Bonchev–Trinajstić information content (AvgIpc) is 2.96. The average molecular weight is 336 g/mol. The number of fused-ring (bicyclic) bond motifs is 1. The van der Waals surface area contributed by atoms with Crippen LogP contribution in [0.3, 0.4) is 0 Å². The first-order valence-corrected chi connectivity index (χ1v) is 6.46. The van der Waals surface area contributed by atoms with E-state index in [4.69, 9.17) is 11.6 Å². The Hall–Kier alpha value is -3.27. The number of nitrogens with one attached hydrogen (secondary N) is 1. The van der Waals surface area contributed by atoms with Crippen molar-refractivity contribution in [2.75, 3.05) is 5.32 Å². The van der Waals surface area contributed by atoms with Crippen molar-refractivity contribution < 1.29 is 14.5 Å². The van der Waals surface area contributed by atoms with Gasteiger partial charge in [0.2, 0.25) is 5.52 Å². The van der Waals surface area contributed by atoms with Crippen molar-refractivity contribution in [3.8, 4) is 0 Å². The highest BCUT2D eigenvalue weighted by Crippen LogP contribution is 2.36. The smallest absolute Gasteiger partial charge is 0.323 e. The first-order valence-electron chi connectivity index (χ1n) is 6.08. The lowest BCUT2D eigenvalue weighted by Gasteiger charge is -2.08. The Labute approximate surface area is 131 Å². The molecule has 0 atom stereocenters. The monoisotopic (exact) mass is 335 g/mol. The molecule has 2 aromatic carbocycles. The molecule has 0 unspecified atom stereocenters. The zero-order valence-electron chi connectivity index (χ0n) is 11.1. The number of halogens is 1. The molecular formula is C12H6ClN5O5. The van der Waals surface area contributed by atoms with Gasteiger partial charge < -0.3 is 5.32 Å². The van der Waals surface area contributed by atoms with E-state index in [1.807, 2.05) is 0 Å². The second kappa shape index (κ2) is 5.50. The fraction of sp³-hybridized carbons (Fsp3) is 0. The summed E-state index contributed by atoms with van der Waals surface area (Å²) < 4.78 is 4.49. The van der Waals surface area contributed by atoms with Gasteiger partial charge in [-0.15, -0.1) is 0 Å². The first kappa shape index (κ1) is 14.7. The number of rotatable bonds is 4. The summed E-state index contributed by atoms with van der Waals surface area (Å²) in [5.41, 5.74) is -0.190. The van der Waals surface area contributed by atoms with E-state index < -0.39 is 9.85 Å². The molecule has 1 heterocycles. The third-order valence-electron chi connectivity index (χ3n) is 3.01. The fourth-order valence-electron chi connectivity index (χ4n) is 1.99. The molecule has 0 aliphatic heterocycles. The van der Waals surface area contributed by atoms with E-state index >= 15 is 0 Å². The fourth-order valence-corrected chi connectivity index (χ4v) is 2.16. The van der Waals surface area contributed by atoms with Gasteiger partial charge in [-0.3, -0.25) is 20.2 Å². The van der Waals surface area contributed by atoms with Crippen LogP contribution in [-0.4, -0.2) is 20.2 Å². The topological polar surface area (TPSA) is 137 Å². The molecule has 0 saturated heterocycles. The second-order valence-electron chi connectivity index (χ2n) is 4.40. The zero-order chi connectivity index (χ0) is 16.6. The number of hydrogen-bond donors (Lipinski definition) is 1. The molecule has 3 aromatic rings. The largest absolute Gasteiger partial charge is 0.348 e. The minimum absolute atomic E-state index is 0.0402. The summed E-state index contributed by atoms with van der Waals surface area (Å²) in [6, 6.07) is 6.58. The Morgan fingerprint density at radius 2 is 1.83 bits per heavy atom. The van der Waals surface area contributed by atoms with Crippen molar-refractivity contribution in [1.82, 2.24) is 10.3 Å². The summed E-state index contributed by atoms with van der Waals surface area (Å²) in [5, 5.41) is 32.0. The second-order valence-corrected chi connectivity index (χ2v) is 4.80. The molecule has 0 bridgehead atoms. The van der Waals surface area contributed by atoms with E-state index in [9.17, 15) is 20.2 Å². The van der Waals surface area contributed by atoms with Gasteiger partial charge >= 0.3 is 5.69 Å². The van der Waals surface area contributed by atoms with E-state index in [-0.39, 0.29) is 38.8 Å². The Balaban J connectivity index is 2.12. The van der Waals surface area contributed by atoms with Gasteiger partial charge in [-0.05, 0) is 28.5 Å². The molecule has 23 heavy (non-hydrogen) atoms. The SMILES string of the molecule is O=[N+]([O-])c1ccc(Cl)c(Nc2ccc3nonc3c2[N+](=O)[O-])c1. The predicted molar refractivity (Wildman–Crippen MR) is 79.8 cm³/mol. The van der Waals surface area contributed by atoms with Crippen LogP contribution in [0.4, 0.5) is 22.7 Å². The van der Waals surface area contributed by atoms with Crippen LogP contribution in [0.15, 0.2) is 35.0 Å². The standard InChI is InChI=1S/C12H6ClN5O5/c13-7-2-1-6(17(19)20)5-10(7)14-9-4-3-8-11(16-23-15-8)12(9)18(21)22/h1-5,14H. The molecule has 0 radical (unpaired) electrons. The van der Waals surface area contributed by atoms with E-state index in [0.717, 1.165) is 0 Å². The lowest BCUT2D eigenvalue weighted by Crippen LogP contribution is -1.99. The summed E-state index contributed by atoms with van der Waals surface area (Å²) in [5.74, 6) is 0. The minimum Gasteiger partial charge on any atom is -0.348 e. The van der Waals surface area contributed by atoms with Crippen molar-refractivity contribution >= 4 is 45.4 Å². The highest BCUT2D eigenvalue weighted by Gasteiger charge is 2.23. The van der Waals surface area contributed by atoms with E-state index in [2.05, 4.69) is 20.3 Å². The summed E-state index contributed by atoms with van der Waals surface area (Å²) in [6.07, 6.45) is 0. The lowest BCUT2D eigenvalue weighted by molar-refractivity contribution is -0.384. The Bertz CT molecular complexity index is 941. The number of nitro groups is 2. The van der Waals surface area contributed by atoms with Crippen LogP contribution in [0.25, 0.3) is 11.0 Å². The van der Waals surface area contributed by atoms with Crippen LogP contribution in [0.1, 0.15) is 0 Å². The summed E-state index contributed by atoms with van der Waals surface area (Å²) in [7, 11) is 0. The maximum Gasteiger partial charge on any atom is 0.323 e. The maximum atomic E-state index is 11.3. The van der Waals surface area contributed by atoms with Crippen LogP contribution < -0.4 is 5.32 Å². The summed E-state index contributed by atoms with van der Waals surface area (Å²) in [6.45, 7) is 0. The number of nitrogens with zero attached hydrogens (tertiary/aromatic N) is 4. The number of benzene rings is 2. The predicted octanol–water partition coefficient (Wildman–Crippen LogP) is 3.44. The van der Waals surface area contributed by atoms with Crippen molar-refractivity contribution in [2.45, 2.75) is 0 Å². The molecule has 0 fully saturated rings. The maximum absolute atomic E-state index is 11.3. The Morgan fingerprint density at radius 3 is 2.52 bits per heavy atom. The Morgan fingerprint density at radius 1 is 1.04 bits per heavy atom. The number of nitro benzene ring substituents is 2. The molecule has 0 amide bonds. The van der Waals surface area contributed by atoms with Gasteiger partial charge in [0, 0.05) is 12.1 Å². The van der Waals surface area contributed by atoms with Crippen LogP contribution in [0.5, 0.6) is 0 Å². The van der Waals surface area contributed by atoms with Gasteiger partial charge in [-0.25, -0.2) is 4.63 Å². The number of hydrogen-bond acceptors (Lipinski definition) is 8. The molecule has 0 aliphatic carbocycles. The molecule has 1 N–H and O–H groups in total. The van der Waals surface area contributed by atoms with Crippen molar-refractivity contribution in [1.29, 1.82) is 0 Å². The Kier molecular flexibility index (Phi) is 3.50. The molecule has 1 aromatic heterocycles. The van der Waals surface area contributed by atoms with E-state index in [0.29, 0.717) is 0 Å². The molecule has 116 valence electrons. The first-order chi connectivity index (χ1) is 11.0. The van der Waals surface area contributed by atoms with Gasteiger partial charge in [-0.2, -0.15) is 0 Å². The van der Waals surface area contributed by atoms with Crippen LogP contribution in [0, 0.1) is 20.2 Å². The van der Waals surface area contributed by atoms with Gasteiger partial charge in [0.15, 0.2) is 0 Å². The van der Waals surface area contributed by atoms with Crippen LogP contribution >= 0.6 is 11.6 Å². The van der Waals surface area contributed by atoms with Crippen LogP contribution in [0.2, 0.25) is 5.02 Å². The zero-order valence-corrected chi connectivity index (χ0v) is 11.9. The highest BCUT2D eigenvalue weighted by molar-refractivity contribution is 6.33. The van der Waals surface area contributed by atoms with Gasteiger partial charge in [0.25, 0.3) is 5.69 Å². The van der Waals surface area contributed by atoms with Crippen LogP contribution in [-0.2, 0) is 0 Å². The minimum atomic E-state index is -0.653. The van der Waals surface area contributed by atoms with Gasteiger partial charge in [-0.1, -0.05) is 11.6 Å². The quantitative estimate of drug-likeness (QED) is 0.565. The summed E-state index contributed by atoms with van der Waals surface area (Å²) >= 11 is 5.98. The van der Waals surface area contributed by atoms with E-state index in [1.54, 1.807) is 0 Å². The summed E-state index contributed by atoms with van der Waals surface area (Å²) in [4.78, 5) is 20.9. The molecule has 0 saturated carbocycles. The molecule has 3 rings (SSSR count). The van der Waals surface area contributed by atoms with Crippen molar-refractivity contribution in [3.63, 3.8) is 0 Å². The molecule has 10 nitrogen and oxygen atoms in total.